The Morgan fingerprint density at radius 2 is 2.11 bits per heavy atom. The Morgan fingerprint density at radius 1 is 1.44 bits per heavy atom. The van der Waals surface area contributed by atoms with E-state index in [-0.39, 0.29) is 22.7 Å². The van der Waals surface area contributed by atoms with Gasteiger partial charge in [0, 0.05) is 5.41 Å². The van der Waals surface area contributed by atoms with E-state index in [4.69, 9.17) is 5.73 Å². The average Bonchev–Trinajstić information content (AvgIpc) is 2.84. The summed E-state index contributed by atoms with van der Waals surface area (Å²) < 4.78 is 13.6. The van der Waals surface area contributed by atoms with Crippen LogP contribution in [0.4, 0.5) is 15.8 Å². The number of benzene rings is 1. The van der Waals surface area contributed by atoms with E-state index >= 15 is 0 Å². The number of nitrogen functional groups attached to an aromatic ring is 1. The molecule has 0 aliphatic heterocycles. The van der Waals surface area contributed by atoms with Gasteiger partial charge in [0.15, 0.2) is 0 Å². The number of nitrogens with two attached hydrogens (primary N) is 1. The normalized spacial score (nSPS) is 17.7. The van der Waals surface area contributed by atoms with Gasteiger partial charge in [-0.2, -0.15) is 0 Å². The minimum absolute atomic E-state index is 0.0979. The van der Waals surface area contributed by atoms with E-state index in [1.807, 2.05) is 6.92 Å². The number of halogens is 1. The molecule has 4 heteroatoms. The average molecular weight is 250 g/mol. The highest BCUT2D eigenvalue weighted by Gasteiger charge is 2.39. The monoisotopic (exact) mass is 250 g/mol. The Morgan fingerprint density at radius 3 is 2.67 bits per heavy atom. The van der Waals surface area contributed by atoms with Crippen molar-refractivity contribution in [2.45, 2.75) is 39.0 Å². The first-order valence-corrected chi connectivity index (χ1v) is 6.44. The van der Waals surface area contributed by atoms with Gasteiger partial charge in [0.1, 0.15) is 11.5 Å². The Hall–Kier alpha value is -1.58. The zero-order valence-electron chi connectivity index (χ0n) is 10.6. The van der Waals surface area contributed by atoms with Gasteiger partial charge >= 0.3 is 0 Å². The number of hydrogen-bond acceptors (Lipinski definition) is 2. The van der Waals surface area contributed by atoms with Crippen LogP contribution < -0.4 is 11.1 Å². The molecular formula is C14H19FN2O. The molecule has 0 unspecified atom stereocenters. The Kier molecular flexibility index (Phi) is 3.55. The number of amides is 1. The molecule has 1 aliphatic rings. The zero-order valence-corrected chi connectivity index (χ0v) is 10.6. The molecule has 1 aromatic rings. The van der Waals surface area contributed by atoms with E-state index in [1.165, 1.54) is 12.1 Å². The van der Waals surface area contributed by atoms with Crippen molar-refractivity contribution in [3.05, 3.63) is 24.0 Å². The third-order valence-corrected chi connectivity index (χ3v) is 4.00. The molecule has 1 saturated carbocycles. The van der Waals surface area contributed by atoms with Gasteiger partial charge in [0.05, 0.1) is 5.69 Å². The molecule has 0 aromatic heterocycles. The molecule has 0 spiro atoms. The summed E-state index contributed by atoms with van der Waals surface area (Å²) in [5, 5.41) is 2.67. The summed E-state index contributed by atoms with van der Waals surface area (Å²) in [6, 6.07) is 4.43. The molecule has 3 nitrogen and oxygen atoms in total. The Labute approximate surface area is 107 Å². The Balaban J connectivity index is 2.21. The molecule has 0 atom stereocenters. The van der Waals surface area contributed by atoms with Gasteiger partial charge in [0.2, 0.25) is 5.91 Å². The van der Waals surface area contributed by atoms with E-state index < -0.39 is 5.82 Å². The lowest BCUT2D eigenvalue weighted by Gasteiger charge is -2.26. The van der Waals surface area contributed by atoms with E-state index in [9.17, 15) is 9.18 Å². The van der Waals surface area contributed by atoms with Gasteiger partial charge < -0.3 is 11.1 Å². The third-order valence-electron chi connectivity index (χ3n) is 4.00. The second-order valence-corrected chi connectivity index (χ2v) is 5.00. The van der Waals surface area contributed by atoms with Gasteiger partial charge in [-0.3, -0.25) is 4.79 Å². The van der Waals surface area contributed by atoms with E-state index in [1.54, 1.807) is 6.07 Å². The molecular weight excluding hydrogens is 231 g/mol. The van der Waals surface area contributed by atoms with Crippen molar-refractivity contribution in [1.29, 1.82) is 0 Å². The lowest BCUT2D eigenvalue weighted by atomic mass is 9.82. The van der Waals surface area contributed by atoms with Gasteiger partial charge in [-0.05, 0) is 31.4 Å². The summed E-state index contributed by atoms with van der Waals surface area (Å²) in [7, 11) is 0. The highest BCUT2D eigenvalue weighted by Crippen LogP contribution is 2.42. The molecule has 0 bridgehead atoms. The van der Waals surface area contributed by atoms with Crippen molar-refractivity contribution in [3.63, 3.8) is 0 Å². The van der Waals surface area contributed by atoms with Gasteiger partial charge in [-0.1, -0.05) is 25.8 Å². The number of anilines is 2. The number of hydrogen-bond donors (Lipinski definition) is 2. The maximum Gasteiger partial charge on any atom is 0.230 e. The highest BCUT2D eigenvalue weighted by atomic mass is 19.1. The van der Waals surface area contributed by atoms with Crippen LogP contribution in [0.25, 0.3) is 0 Å². The molecule has 3 N–H and O–H groups in total. The molecule has 1 fully saturated rings. The predicted octanol–water partition coefficient (Wildman–Crippen LogP) is 3.32. The molecule has 1 aliphatic carbocycles. The number of carbonyl (C=O) groups excluding carboxylic acids is 1. The maximum absolute atomic E-state index is 13.6. The fraction of sp³-hybridized carbons (Fsp3) is 0.500. The molecule has 1 aromatic carbocycles. The van der Waals surface area contributed by atoms with Crippen LogP contribution in [0.1, 0.15) is 39.0 Å². The largest absolute Gasteiger partial charge is 0.397 e. The summed E-state index contributed by atoms with van der Waals surface area (Å²) in [6.45, 7) is 2.01. The molecule has 0 radical (unpaired) electrons. The Bertz CT molecular complexity index is 433. The summed E-state index contributed by atoms with van der Waals surface area (Å²) in [4.78, 5) is 12.3. The first-order valence-electron chi connectivity index (χ1n) is 6.44. The molecule has 1 amide bonds. The van der Waals surface area contributed by atoms with E-state index in [0.29, 0.717) is 0 Å². The van der Waals surface area contributed by atoms with Gasteiger partial charge in [-0.15, -0.1) is 0 Å². The minimum Gasteiger partial charge on any atom is -0.397 e. The van der Waals surface area contributed by atoms with Crippen molar-refractivity contribution >= 4 is 17.3 Å². The summed E-state index contributed by atoms with van der Waals surface area (Å²) in [5.74, 6) is -0.577. The van der Waals surface area contributed by atoms with Crippen molar-refractivity contribution in [2.24, 2.45) is 5.41 Å². The van der Waals surface area contributed by atoms with Crippen molar-refractivity contribution in [2.75, 3.05) is 11.1 Å². The summed E-state index contributed by atoms with van der Waals surface area (Å²) in [5.41, 5.74) is 5.74. The molecule has 0 heterocycles. The highest BCUT2D eigenvalue weighted by molar-refractivity contribution is 5.98. The topological polar surface area (TPSA) is 55.1 Å². The van der Waals surface area contributed by atoms with Crippen LogP contribution in [-0.2, 0) is 4.79 Å². The quantitative estimate of drug-likeness (QED) is 0.808. The minimum atomic E-state index is -0.479. The number of carbonyl (C=O) groups is 1. The second-order valence-electron chi connectivity index (χ2n) is 5.00. The van der Waals surface area contributed by atoms with Crippen LogP contribution in [0.15, 0.2) is 18.2 Å². The second kappa shape index (κ2) is 4.96. The molecule has 0 saturated heterocycles. The fourth-order valence-corrected chi connectivity index (χ4v) is 2.71. The molecule has 98 valence electrons. The number of para-hydroxylation sites is 1. The van der Waals surface area contributed by atoms with E-state index in [0.717, 1.165) is 32.1 Å². The van der Waals surface area contributed by atoms with Crippen molar-refractivity contribution < 1.29 is 9.18 Å². The summed E-state index contributed by atoms with van der Waals surface area (Å²) in [6.07, 6.45) is 4.67. The van der Waals surface area contributed by atoms with Crippen molar-refractivity contribution in [3.8, 4) is 0 Å². The van der Waals surface area contributed by atoms with Gasteiger partial charge in [0.25, 0.3) is 0 Å². The van der Waals surface area contributed by atoms with E-state index in [2.05, 4.69) is 5.32 Å². The lowest BCUT2D eigenvalue weighted by molar-refractivity contribution is -0.125. The lowest BCUT2D eigenvalue weighted by Crippen LogP contribution is -2.33. The van der Waals surface area contributed by atoms with Crippen LogP contribution in [0, 0.1) is 11.2 Å². The third kappa shape index (κ3) is 2.19. The number of rotatable bonds is 3. The molecule has 18 heavy (non-hydrogen) atoms. The SMILES string of the molecule is CCC1(C(=O)Nc2c(N)cccc2F)CCCC1. The van der Waals surface area contributed by atoms with Crippen LogP contribution >= 0.6 is 0 Å². The zero-order chi connectivity index (χ0) is 13.2. The fourth-order valence-electron chi connectivity index (χ4n) is 2.71. The van der Waals surface area contributed by atoms with Crippen LogP contribution in [0.5, 0.6) is 0 Å². The van der Waals surface area contributed by atoms with Crippen LogP contribution in [-0.4, -0.2) is 5.91 Å². The first-order chi connectivity index (χ1) is 8.59. The predicted molar refractivity (Wildman–Crippen MR) is 70.6 cm³/mol. The molecule has 2 rings (SSSR count). The standard InChI is InChI=1S/C14H19FN2O/c1-2-14(8-3-4-9-14)13(18)17-12-10(15)6-5-7-11(12)16/h5-7H,2-4,8-9,16H2,1H3,(H,17,18). The van der Waals surface area contributed by atoms with Crippen LogP contribution in [0.3, 0.4) is 0 Å². The summed E-state index contributed by atoms with van der Waals surface area (Å²) >= 11 is 0. The maximum atomic E-state index is 13.6. The first kappa shape index (κ1) is 12.9. The number of nitrogens with one attached hydrogen (secondary N) is 1. The smallest absolute Gasteiger partial charge is 0.230 e. The van der Waals surface area contributed by atoms with Gasteiger partial charge in [-0.25, -0.2) is 4.39 Å². The van der Waals surface area contributed by atoms with Crippen LogP contribution in [0.2, 0.25) is 0 Å². The van der Waals surface area contributed by atoms with Crippen molar-refractivity contribution in [1.82, 2.24) is 0 Å².